The largest absolute Gasteiger partial charge is 0.307 e. The van der Waals surface area contributed by atoms with Gasteiger partial charge in [0.1, 0.15) is 5.78 Å². The average Bonchev–Trinajstić information content (AvgIpc) is 2.42. The minimum Gasteiger partial charge on any atom is -0.307 e. The van der Waals surface area contributed by atoms with Gasteiger partial charge in [0.15, 0.2) is 0 Å². The molecule has 0 saturated heterocycles. The number of carbonyl (C=O) groups excluding carboxylic acids is 1. The highest BCUT2D eigenvalue weighted by molar-refractivity contribution is 5.88. The molecule has 3 heteroatoms. The molecule has 1 N–H and O–H groups in total. The van der Waals surface area contributed by atoms with Crippen LogP contribution in [0, 0.1) is 21.7 Å². The number of rotatable bonds is 1. The first kappa shape index (κ1) is 41.1. The predicted octanol–water partition coefficient (Wildman–Crippen LogP) is 10.2. The lowest BCUT2D eigenvalue weighted by molar-refractivity contribution is -0.134. The SMILES string of the molecule is CC(C)(C)C(=O)C(C)(C)C.CC(C)(C)C(N(C(C)(C)C)C(C)(C)C)C(C)(C)C.CC(C)(C)NC(C)(C)C. The summed E-state index contributed by atoms with van der Waals surface area (Å²) in [5, 5.41) is 3.46. The highest BCUT2D eigenvalue weighted by Crippen LogP contribution is 2.44. The second-order valence-corrected chi connectivity index (χ2v) is 19.3. The van der Waals surface area contributed by atoms with E-state index in [1.807, 2.05) is 41.5 Å². The maximum atomic E-state index is 11.5. The number of Topliss-reactive ketones (excluding diaryl/α,β-unsaturated/α-hetero) is 1. The Morgan fingerprint density at radius 1 is 0.459 bits per heavy atom. The van der Waals surface area contributed by atoms with Gasteiger partial charge in [-0.1, -0.05) is 83.1 Å². The molecule has 0 amide bonds. The molecule has 0 fully saturated rings. The Morgan fingerprint density at radius 2 is 0.676 bits per heavy atom. The van der Waals surface area contributed by atoms with E-state index in [0.717, 1.165) is 0 Å². The van der Waals surface area contributed by atoms with Crippen LogP contribution in [0.15, 0.2) is 0 Å². The zero-order valence-electron chi connectivity index (χ0n) is 30.4. The lowest BCUT2D eigenvalue weighted by atomic mass is 9.68. The average molecular weight is 527 g/mol. The summed E-state index contributed by atoms with van der Waals surface area (Å²) in [5.41, 5.74) is 0.942. The van der Waals surface area contributed by atoms with Crippen LogP contribution in [0.1, 0.15) is 166 Å². The lowest BCUT2D eigenvalue weighted by Gasteiger charge is -2.58. The summed E-state index contributed by atoms with van der Waals surface area (Å²) < 4.78 is 0. The van der Waals surface area contributed by atoms with Gasteiger partial charge in [0.25, 0.3) is 0 Å². The van der Waals surface area contributed by atoms with Crippen molar-refractivity contribution in [1.82, 2.24) is 10.2 Å². The van der Waals surface area contributed by atoms with Crippen molar-refractivity contribution in [2.24, 2.45) is 21.7 Å². The highest BCUT2D eigenvalue weighted by atomic mass is 16.1. The Labute approximate surface area is 236 Å². The van der Waals surface area contributed by atoms with Gasteiger partial charge >= 0.3 is 0 Å². The fourth-order valence-corrected chi connectivity index (χ4v) is 6.10. The van der Waals surface area contributed by atoms with Crippen LogP contribution < -0.4 is 5.32 Å². The fraction of sp³-hybridized carbons (Fsp3) is 0.971. The Hall–Kier alpha value is -0.410. The van der Waals surface area contributed by atoms with Crippen molar-refractivity contribution in [3.8, 4) is 0 Å². The summed E-state index contributed by atoms with van der Waals surface area (Å²) in [7, 11) is 0. The Balaban J connectivity index is -0.000000515. The molecule has 0 bridgehead atoms. The van der Waals surface area contributed by atoms with Crippen molar-refractivity contribution in [3.63, 3.8) is 0 Å². The molecule has 0 radical (unpaired) electrons. The smallest absolute Gasteiger partial charge is 0.143 e. The quantitative estimate of drug-likeness (QED) is 0.369. The number of carbonyl (C=O) groups is 1. The van der Waals surface area contributed by atoms with E-state index in [1.165, 1.54) is 0 Å². The zero-order valence-corrected chi connectivity index (χ0v) is 30.4. The summed E-state index contributed by atoms with van der Waals surface area (Å²) in [6.07, 6.45) is 0. The summed E-state index contributed by atoms with van der Waals surface area (Å²) in [4.78, 5) is 14.2. The third kappa shape index (κ3) is 19.3. The van der Waals surface area contributed by atoms with Crippen LogP contribution in [-0.2, 0) is 4.79 Å². The standard InChI is InChI=1S/C17H37N.C9H18O.C8H19N/c1-14(2,3)13(15(4,5)6)18(16(7,8)9)17(10,11)12;1-8(2,3)7(10)9(4,5)6;1-7(2,3)9-8(4,5)6/h13H,1-12H3;1-6H3;9H,1-6H3. The van der Waals surface area contributed by atoms with E-state index in [4.69, 9.17) is 0 Å². The first-order chi connectivity index (χ1) is 15.3. The van der Waals surface area contributed by atoms with Crippen molar-refractivity contribution in [3.05, 3.63) is 0 Å². The van der Waals surface area contributed by atoms with Crippen LogP contribution in [0.3, 0.4) is 0 Å². The summed E-state index contributed by atoms with van der Waals surface area (Å²) in [6, 6.07) is 0.532. The van der Waals surface area contributed by atoms with Gasteiger partial charge < -0.3 is 5.32 Å². The molecule has 0 aliphatic carbocycles. The second-order valence-electron chi connectivity index (χ2n) is 19.3. The van der Waals surface area contributed by atoms with E-state index in [2.05, 4.69) is 135 Å². The topological polar surface area (TPSA) is 32.3 Å². The molecular formula is C34H74N2O. The molecule has 3 nitrogen and oxygen atoms in total. The molecule has 0 atom stereocenters. The minimum atomic E-state index is -0.196. The number of hydrogen-bond acceptors (Lipinski definition) is 3. The van der Waals surface area contributed by atoms with E-state index in [9.17, 15) is 4.79 Å². The summed E-state index contributed by atoms with van der Waals surface area (Å²) in [6.45, 7) is 53.1. The van der Waals surface area contributed by atoms with Gasteiger partial charge in [0.2, 0.25) is 0 Å². The molecule has 0 spiro atoms. The molecule has 0 aromatic rings. The second kappa shape index (κ2) is 12.8. The molecule has 226 valence electrons. The van der Waals surface area contributed by atoms with Gasteiger partial charge in [-0.3, -0.25) is 9.69 Å². The number of ketones is 1. The minimum absolute atomic E-state index is 0.170. The summed E-state index contributed by atoms with van der Waals surface area (Å²) in [5.74, 6) is 0.319. The molecule has 0 rings (SSSR count). The van der Waals surface area contributed by atoms with Crippen molar-refractivity contribution in [2.45, 2.75) is 194 Å². The van der Waals surface area contributed by atoms with Crippen LogP contribution in [0.2, 0.25) is 0 Å². The van der Waals surface area contributed by atoms with Crippen molar-refractivity contribution in [2.75, 3.05) is 0 Å². The molecule has 0 unspecified atom stereocenters. The van der Waals surface area contributed by atoms with Crippen LogP contribution >= 0.6 is 0 Å². The van der Waals surface area contributed by atoms with Crippen LogP contribution in [-0.4, -0.2) is 38.9 Å². The van der Waals surface area contributed by atoms with Crippen LogP contribution in [0.5, 0.6) is 0 Å². The molecule has 0 aromatic heterocycles. The van der Waals surface area contributed by atoms with Gasteiger partial charge in [0.05, 0.1) is 0 Å². The normalized spacial score (nSPS) is 14.6. The van der Waals surface area contributed by atoms with Gasteiger partial charge in [0, 0.05) is 39.0 Å². The first-order valence-electron chi connectivity index (χ1n) is 14.5. The maximum absolute atomic E-state index is 11.5. The first-order valence-corrected chi connectivity index (χ1v) is 14.5. The highest BCUT2D eigenvalue weighted by Gasteiger charge is 2.47. The lowest BCUT2D eigenvalue weighted by Crippen LogP contribution is -2.64. The molecule has 0 aliphatic rings. The van der Waals surface area contributed by atoms with Gasteiger partial charge in [-0.15, -0.1) is 0 Å². The Bertz CT molecular complexity index is 575. The molecule has 0 aromatic carbocycles. The van der Waals surface area contributed by atoms with Crippen molar-refractivity contribution >= 4 is 5.78 Å². The predicted molar refractivity (Wildman–Crippen MR) is 171 cm³/mol. The van der Waals surface area contributed by atoms with E-state index >= 15 is 0 Å². The molecule has 0 saturated carbocycles. The Morgan fingerprint density at radius 3 is 0.703 bits per heavy atom. The van der Waals surface area contributed by atoms with Gasteiger partial charge in [-0.25, -0.2) is 0 Å². The molecule has 37 heavy (non-hydrogen) atoms. The van der Waals surface area contributed by atoms with Crippen molar-refractivity contribution in [1.29, 1.82) is 0 Å². The van der Waals surface area contributed by atoms with Gasteiger partial charge in [-0.05, 0) is 93.9 Å². The summed E-state index contributed by atoms with van der Waals surface area (Å²) >= 11 is 0. The van der Waals surface area contributed by atoms with E-state index in [-0.39, 0.29) is 43.8 Å². The van der Waals surface area contributed by atoms with Crippen molar-refractivity contribution < 1.29 is 4.79 Å². The zero-order chi connectivity index (χ0) is 31.4. The fourth-order valence-electron chi connectivity index (χ4n) is 6.10. The van der Waals surface area contributed by atoms with E-state index in [1.54, 1.807) is 0 Å². The Kier molecular flexibility index (Phi) is 14.3. The van der Waals surface area contributed by atoms with E-state index in [0.29, 0.717) is 11.8 Å². The van der Waals surface area contributed by atoms with Gasteiger partial charge in [-0.2, -0.15) is 0 Å². The molecule has 0 aliphatic heterocycles. The third-order valence-electron chi connectivity index (χ3n) is 5.46. The monoisotopic (exact) mass is 527 g/mol. The van der Waals surface area contributed by atoms with E-state index < -0.39 is 0 Å². The maximum Gasteiger partial charge on any atom is 0.143 e. The van der Waals surface area contributed by atoms with Crippen LogP contribution in [0.4, 0.5) is 0 Å². The molecule has 0 heterocycles. The molecular weight excluding hydrogens is 452 g/mol. The number of nitrogens with zero attached hydrogens (tertiary/aromatic N) is 1. The number of nitrogens with one attached hydrogen (secondary N) is 1. The third-order valence-corrected chi connectivity index (χ3v) is 5.46. The van der Waals surface area contributed by atoms with Crippen LogP contribution in [0.25, 0.3) is 0 Å². The number of hydrogen-bond donors (Lipinski definition) is 1.